The SMILES string of the molecule is CO[C@H]1/C=C/C[C@H](C)C[S@@](=O)(NC(=O)COC2COC2)=NC(=O)c2ccc3c(c2)N(C[C@@H]2CC[C@H]21)C[C@@]1(CCCc2cc(Cl)ccc21)CO3. The number of nitrogens with zero attached hydrogens (tertiary/aromatic N) is 2. The number of aryl methyl sites for hydroxylation is 1. The molecular weight excluding hydrogens is 666 g/mol. The van der Waals surface area contributed by atoms with Crippen molar-refractivity contribution in [3.8, 4) is 5.75 Å². The molecule has 49 heavy (non-hydrogen) atoms. The molecule has 2 aromatic rings. The lowest BCUT2D eigenvalue weighted by molar-refractivity contribution is -0.147. The maximum atomic E-state index is 14.3. The normalized spacial score (nSPS) is 32.3. The van der Waals surface area contributed by atoms with E-state index < -0.39 is 21.7 Å². The Morgan fingerprint density at radius 2 is 2.06 bits per heavy atom. The van der Waals surface area contributed by atoms with E-state index in [4.69, 9.17) is 30.5 Å². The summed E-state index contributed by atoms with van der Waals surface area (Å²) < 4.78 is 44.4. The topological polar surface area (TPSA) is 116 Å². The first-order valence-corrected chi connectivity index (χ1v) is 19.5. The number of carbonyl (C=O) groups is 2. The van der Waals surface area contributed by atoms with Gasteiger partial charge >= 0.3 is 0 Å². The summed E-state index contributed by atoms with van der Waals surface area (Å²) in [5.74, 6) is 0.0875. The second-order valence-corrected chi connectivity index (χ2v) is 16.9. The van der Waals surface area contributed by atoms with E-state index in [2.05, 4.69) is 38.3 Å². The molecule has 264 valence electrons. The van der Waals surface area contributed by atoms with Crippen LogP contribution in [0.25, 0.3) is 0 Å². The van der Waals surface area contributed by atoms with Crippen molar-refractivity contribution >= 4 is 39.0 Å². The molecule has 10 nitrogen and oxygen atoms in total. The smallest absolute Gasteiger partial charge is 0.286 e. The Bertz CT molecular complexity index is 1740. The summed E-state index contributed by atoms with van der Waals surface area (Å²) in [6, 6.07) is 11.6. The van der Waals surface area contributed by atoms with Gasteiger partial charge in [-0.2, -0.15) is 0 Å². The number of methoxy groups -OCH3 is 1. The molecule has 2 aromatic carbocycles. The summed E-state index contributed by atoms with van der Waals surface area (Å²) in [6.07, 6.45) is 9.71. The number of nitrogens with one attached hydrogen (secondary N) is 1. The number of amides is 2. The van der Waals surface area contributed by atoms with Crippen molar-refractivity contribution in [2.75, 3.05) is 57.3 Å². The Balaban J connectivity index is 1.26. The lowest BCUT2D eigenvalue weighted by atomic mass is 9.68. The quantitative estimate of drug-likeness (QED) is 0.405. The molecule has 2 amide bonds. The fourth-order valence-corrected chi connectivity index (χ4v) is 10.2. The molecule has 7 rings (SSSR count). The average Bonchev–Trinajstić information content (AvgIpc) is 3.17. The van der Waals surface area contributed by atoms with Crippen LogP contribution in [0.2, 0.25) is 5.02 Å². The Morgan fingerprint density at radius 3 is 2.82 bits per heavy atom. The molecule has 6 atom stereocenters. The van der Waals surface area contributed by atoms with Gasteiger partial charge in [-0.3, -0.25) is 14.3 Å². The van der Waals surface area contributed by atoms with Crippen LogP contribution in [0.5, 0.6) is 5.75 Å². The second kappa shape index (κ2) is 14.3. The number of carbonyl (C=O) groups excluding carboxylic acids is 2. The molecule has 1 saturated heterocycles. The lowest BCUT2D eigenvalue weighted by Gasteiger charge is -2.46. The van der Waals surface area contributed by atoms with E-state index in [0.717, 1.165) is 55.9 Å². The number of benzene rings is 2. The molecule has 12 heteroatoms. The molecule has 0 unspecified atom stereocenters. The molecule has 0 radical (unpaired) electrons. The Labute approximate surface area is 294 Å². The number of rotatable bonds is 5. The molecule has 2 fully saturated rings. The van der Waals surface area contributed by atoms with Crippen molar-refractivity contribution in [3.63, 3.8) is 0 Å². The van der Waals surface area contributed by atoms with Crippen molar-refractivity contribution in [2.45, 2.75) is 63.1 Å². The summed E-state index contributed by atoms with van der Waals surface area (Å²) in [5, 5.41) is 0.740. The van der Waals surface area contributed by atoms with E-state index in [1.807, 2.05) is 25.1 Å². The molecule has 3 aliphatic heterocycles. The van der Waals surface area contributed by atoms with Crippen molar-refractivity contribution in [1.29, 1.82) is 0 Å². The van der Waals surface area contributed by atoms with E-state index in [0.29, 0.717) is 49.4 Å². The van der Waals surface area contributed by atoms with E-state index in [1.165, 1.54) is 11.1 Å². The molecule has 0 aromatic heterocycles. The van der Waals surface area contributed by atoms with Gasteiger partial charge in [0.05, 0.1) is 37.4 Å². The van der Waals surface area contributed by atoms with E-state index >= 15 is 0 Å². The van der Waals surface area contributed by atoms with Crippen molar-refractivity contribution in [1.82, 2.24) is 4.72 Å². The Hall–Kier alpha value is -2.96. The van der Waals surface area contributed by atoms with Gasteiger partial charge in [-0.05, 0) is 97.7 Å². The van der Waals surface area contributed by atoms with Crippen LogP contribution in [0.4, 0.5) is 5.69 Å². The summed E-state index contributed by atoms with van der Waals surface area (Å²) in [5.41, 5.74) is 3.40. The molecular formula is C37H46ClN3O7S. The highest BCUT2D eigenvalue weighted by Gasteiger charge is 2.44. The van der Waals surface area contributed by atoms with Crippen LogP contribution in [0.3, 0.4) is 0 Å². The van der Waals surface area contributed by atoms with Crippen LogP contribution in [0, 0.1) is 17.8 Å². The van der Waals surface area contributed by atoms with Crippen LogP contribution >= 0.6 is 11.6 Å². The predicted octanol–water partition coefficient (Wildman–Crippen LogP) is 5.51. The third-order valence-corrected chi connectivity index (χ3v) is 13.1. The summed E-state index contributed by atoms with van der Waals surface area (Å²) in [6.45, 7) is 4.50. The first-order valence-electron chi connectivity index (χ1n) is 17.4. The molecule has 1 spiro atoms. The summed E-state index contributed by atoms with van der Waals surface area (Å²) in [7, 11) is -1.72. The minimum absolute atomic E-state index is 0.0111. The highest BCUT2D eigenvalue weighted by Crippen LogP contribution is 2.47. The van der Waals surface area contributed by atoms with Gasteiger partial charge in [0.2, 0.25) is 0 Å². The molecule has 2 bridgehead atoms. The van der Waals surface area contributed by atoms with Crippen molar-refractivity contribution < 1.29 is 32.7 Å². The van der Waals surface area contributed by atoms with Crippen LogP contribution in [-0.4, -0.2) is 80.6 Å². The van der Waals surface area contributed by atoms with E-state index in [-0.39, 0.29) is 35.9 Å². The van der Waals surface area contributed by atoms with Crippen LogP contribution < -0.4 is 14.4 Å². The highest BCUT2D eigenvalue weighted by atomic mass is 35.5. The van der Waals surface area contributed by atoms with Gasteiger partial charge in [0.25, 0.3) is 11.8 Å². The van der Waals surface area contributed by atoms with Gasteiger partial charge in [0.1, 0.15) is 28.4 Å². The number of halogens is 1. The first-order chi connectivity index (χ1) is 23.6. The third kappa shape index (κ3) is 7.42. The fourth-order valence-electron chi connectivity index (χ4n) is 8.08. The maximum Gasteiger partial charge on any atom is 0.286 e. The zero-order valence-electron chi connectivity index (χ0n) is 28.2. The Morgan fingerprint density at radius 1 is 1.20 bits per heavy atom. The number of anilines is 1. The minimum Gasteiger partial charge on any atom is -0.490 e. The van der Waals surface area contributed by atoms with Crippen molar-refractivity contribution in [3.05, 3.63) is 70.3 Å². The summed E-state index contributed by atoms with van der Waals surface area (Å²) in [4.78, 5) is 29.2. The Kier molecular flexibility index (Phi) is 10.1. The number of hydrogen-bond acceptors (Lipinski definition) is 8. The molecule has 1 N–H and O–H groups in total. The van der Waals surface area contributed by atoms with Gasteiger partial charge in [-0.1, -0.05) is 36.7 Å². The van der Waals surface area contributed by atoms with Crippen molar-refractivity contribution in [2.24, 2.45) is 22.1 Å². The first kappa shape index (κ1) is 34.5. The standard InChI is InChI=1S/C37H46ClN3O7S/c1-24-5-3-7-33(45-2)30-11-8-27(30)17-41-22-37(14-4-6-25-15-28(38)10-12-31(25)37)23-48-34-13-9-26(16-32(34)41)36(43)40-49(44,21-24)39-35(42)20-47-29-18-46-19-29/h3,7,9-10,12-13,15-16,24,27,29-30,33H,4-6,8,11,14,17-23H2,1-2H3,(H,39,40,42,43,44)/b7-3+/t24-,27-,30+,33-,37-,49+/m0/s1. The van der Waals surface area contributed by atoms with Gasteiger partial charge in [-0.15, -0.1) is 4.36 Å². The zero-order chi connectivity index (χ0) is 34.2. The maximum absolute atomic E-state index is 14.3. The third-order valence-electron chi connectivity index (χ3n) is 10.8. The zero-order valence-corrected chi connectivity index (χ0v) is 29.8. The van der Waals surface area contributed by atoms with Crippen LogP contribution in [-0.2, 0) is 40.8 Å². The highest BCUT2D eigenvalue weighted by molar-refractivity contribution is 7.92. The molecule has 5 aliphatic rings. The minimum atomic E-state index is -3.49. The fraction of sp³-hybridized carbons (Fsp3) is 0.568. The van der Waals surface area contributed by atoms with Gasteiger partial charge in [-0.25, -0.2) is 4.21 Å². The van der Waals surface area contributed by atoms with Gasteiger partial charge < -0.3 is 23.8 Å². The monoisotopic (exact) mass is 711 g/mol. The van der Waals surface area contributed by atoms with E-state index in [1.54, 1.807) is 13.2 Å². The van der Waals surface area contributed by atoms with Crippen LogP contribution in [0.15, 0.2) is 52.9 Å². The van der Waals surface area contributed by atoms with Gasteiger partial charge in [0.15, 0.2) is 0 Å². The molecule has 2 aliphatic carbocycles. The average molecular weight is 712 g/mol. The molecule has 1 saturated carbocycles. The number of ether oxygens (including phenoxy) is 4. The lowest BCUT2D eigenvalue weighted by Crippen LogP contribution is -2.49. The number of hydrogen-bond donors (Lipinski definition) is 1. The second-order valence-electron chi connectivity index (χ2n) is 14.5. The van der Waals surface area contributed by atoms with E-state index in [9.17, 15) is 13.8 Å². The van der Waals surface area contributed by atoms with Gasteiger partial charge in [0, 0.05) is 36.2 Å². The molecule has 3 heterocycles. The summed E-state index contributed by atoms with van der Waals surface area (Å²) >= 11 is 6.44. The predicted molar refractivity (Wildman–Crippen MR) is 189 cm³/mol. The van der Waals surface area contributed by atoms with Crippen LogP contribution in [0.1, 0.15) is 60.5 Å². The largest absolute Gasteiger partial charge is 0.490 e. The number of fused-ring (bicyclic) bond motifs is 4. The number of allylic oxidation sites excluding steroid dienone is 1.